The molecule has 1 aromatic rings. The Morgan fingerprint density at radius 3 is 3.06 bits per heavy atom. The number of nitrogens with zero attached hydrogens (tertiary/aromatic N) is 1. The van der Waals surface area contributed by atoms with Crippen molar-refractivity contribution >= 4 is 23.3 Å². The van der Waals surface area contributed by atoms with Gasteiger partial charge in [0.1, 0.15) is 0 Å². The predicted octanol–water partition coefficient (Wildman–Crippen LogP) is 3.42. The molecule has 0 bridgehead atoms. The van der Waals surface area contributed by atoms with Crippen molar-refractivity contribution in [3.8, 4) is 0 Å². The van der Waals surface area contributed by atoms with Gasteiger partial charge in [-0.15, -0.1) is 0 Å². The highest BCUT2D eigenvalue weighted by Gasteiger charge is 2.20. The molecule has 0 amide bonds. The molecule has 0 radical (unpaired) electrons. The van der Waals surface area contributed by atoms with Gasteiger partial charge in [0.05, 0.1) is 0 Å². The fourth-order valence-corrected chi connectivity index (χ4v) is 2.72. The van der Waals surface area contributed by atoms with Gasteiger partial charge in [-0.1, -0.05) is 17.7 Å². The van der Waals surface area contributed by atoms with E-state index in [1.165, 1.54) is 0 Å². The topological polar surface area (TPSA) is 40.5 Å². The summed E-state index contributed by atoms with van der Waals surface area (Å²) in [6, 6.07) is 7.86. The molecule has 1 aliphatic rings. The van der Waals surface area contributed by atoms with Gasteiger partial charge in [-0.3, -0.25) is 4.79 Å². The molecule has 2 rings (SSSR count). The van der Waals surface area contributed by atoms with Crippen molar-refractivity contribution in [3.05, 3.63) is 29.3 Å². The van der Waals surface area contributed by atoms with Gasteiger partial charge < -0.3 is 10.0 Å². The molecule has 0 aromatic heterocycles. The molecule has 98 valence electrons. The van der Waals surface area contributed by atoms with Gasteiger partial charge in [-0.05, 0) is 43.4 Å². The third kappa shape index (κ3) is 3.64. The largest absolute Gasteiger partial charge is 0.481 e. The summed E-state index contributed by atoms with van der Waals surface area (Å²) in [6.07, 6.45) is 3.29. The summed E-state index contributed by atoms with van der Waals surface area (Å²) in [4.78, 5) is 12.9. The van der Waals surface area contributed by atoms with E-state index in [9.17, 15) is 4.79 Å². The van der Waals surface area contributed by atoms with E-state index in [2.05, 4.69) is 11.0 Å². The van der Waals surface area contributed by atoms with Crippen LogP contribution in [0.5, 0.6) is 0 Å². The maximum Gasteiger partial charge on any atom is 0.303 e. The average molecular weight is 268 g/mol. The predicted molar refractivity (Wildman–Crippen MR) is 73.3 cm³/mol. The number of benzene rings is 1. The fraction of sp³-hybridized carbons (Fsp3) is 0.500. The van der Waals surface area contributed by atoms with Gasteiger partial charge in [-0.25, -0.2) is 0 Å². The zero-order valence-corrected chi connectivity index (χ0v) is 11.1. The first-order valence-corrected chi connectivity index (χ1v) is 6.75. The molecule has 18 heavy (non-hydrogen) atoms. The Morgan fingerprint density at radius 2 is 2.33 bits per heavy atom. The maximum absolute atomic E-state index is 10.6. The van der Waals surface area contributed by atoms with Crippen molar-refractivity contribution in [2.24, 2.45) is 5.92 Å². The van der Waals surface area contributed by atoms with Crippen LogP contribution in [-0.4, -0.2) is 24.2 Å². The number of piperidine rings is 1. The van der Waals surface area contributed by atoms with Crippen LogP contribution in [-0.2, 0) is 4.79 Å². The number of rotatable bonds is 4. The second kappa shape index (κ2) is 6.10. The number of halogens is 1. The van der Waals surface area contributed by atoms with E-state index in [-0.39, 0.29) is 6.42 Å². The molecule has 0 spiro atoms. The van der Waals surface area contributed by atoms with E-state index in [0.29, 0.717) is 5.92 Å². The lowest BCUT2D eigenvalue weighted by Crippen LogP contribution is -2.35. The van der Waals surface area contributed by atoms with E-state index in [1.807, 2.05) is 18.2 Å². The summed E-state index contributed by atoms with van der Waals surface area (Å²) < 4.78 is 0. The van der Waals surface area contributed by atoms with Crippen molar-refractivity contribution in [3.63, 3.8) is 0 Å². The van der Waals surface area contributed by atoms with Crippen LogP contribution < -0.4 is 4.90 Å². The lowest BCUT2D eigenvalue weighted by Gasteiger charge is -2.34. The van der Waals surface area contributed by atoms with Crippen molar-refractivity contribution in [1.82, 2.24) is 0 Å². The lowest BCUT2D eigenvalue weighted by molar-refractivity contribution is -0.137. The van der Waals surface area contributed by atoms with Gasteiger partial charge in [-0.2, -0.15) is 0 Å². The van der Waals surface area contributed by atoms with Gasteiger partial charge in [0.2, 0.25) is 0 Å². The van der Waals surface area contributed by atoms with Crippen LogP contribution in [0.2, 0.25) is 5.02 Å². The number of carbonyl (C=O) groups is 1. The summed E-state index contributed by atoms with van der Waals surface area (Å²) in [5.41, 5.74) is 1.14. The average Bonchev–Trinajstić information content (AvgIpc) is 2.37. The monoisotopic (exact) mass is 267 g/mol. The number of carboxylic acid groups (broad SMARTS) is 1. The third-order valence-electron chi connectivity index (χ3n) is 3.46. The Hall–Kier alpha value is -1.22. The molecule has 1 aromatic carbocycles. The van der Waals surface area contributed by atoms with Crippen LogP contribution >= 0.6 is 11.6 Å². The number of hydrogen-bond donors (Lipinski definition) is 1. The van der Waals surface area contributed by atoms with Crippen molar-refractivity contribution < 1.29 is 9.90 Å². The van der Waals surface area contributed by atoms with Crippen molar-refractivity contribution in [2.45, 2.75) is 25.7 Å². The molecule has 1 N–H and O–H groups in total. The summed E-state index contributed by atoms with van der Waals surface area (Å²) in [5.74, 6) is -0.219. The summed E-state index contributed by atoms with van der Waals surface area (Å²) in [7, 11) is 0. The Balaban J connectivity index is 1.96. The Kier molecular flexibility index (Phi) is 4.48. The third-order valence-corrected chi connectivity index (χ3v) is 3.69. The van der Waals surface area contributed by atoms with Crippen LogP contribution in [0.15, 0.2) is 24.3 Å². The molecular weight excluding hydrogens is 250 g/mol. The molecule has 1 unspecified atom stereocenters. The van der Waals surface area contributed by atoms with Gasteiger partial charge in [0.15, 0.2) is 0 Å². The molecule has 1 saturated heterocycles. The molecule has 4 heteroatoms. The van der Waals surface area contributed by atoms with Crippen LogP contribution in [0.4, 0.5) is 5.69 Å². The van der Waals surface area contributed by atoms with Crippen LogP contribution in [0, 0.1) is 5.92 Å². The van der Waals surface area contributed by atoms with E-state index in [1.54, 1.807) is 0 Å². The molecule has 3 nitrogen and oxygen atoms in total. The highest BCUT2D eigenvalue weighted by atomic mass is 35.5. The minimum atomic E-state index is -0.699. The van der Waals surface area contributed by atoms with E-state index in [0.717, 1.165) is 43.1 Å². The zero-order valence-electron chi connectivity index (χ0n) is 10.3. The molecule has 1 fully saturated rings. The van der Waals surface area contributed by atoms with Gasteiger partial charge in [0, 0.05) is 30.2 Å². The first-order chi connectivity index (χ1) is 8.65. The first kappa shape index (κ1) is 13.2. The number of carboxylic acids is 1. The number of hydrogen-bond acceptors (Lipinski definition) is 2. The van der Waals surface area contributed by atoms with Gasteiger partial charge >= 0.3 is 5.97 Å². The Bertz CT molecular complexity index is 422. The second-order valence-corrected chi connectivity index (χ2v) is 5.30. The fourth-order valence-electron chi connectivity index (χ4n) is 2.54. The smallest absolute Gasteiger partial charge is 0.303 e. The van der Waals surface area contributed by atoms with E-state index >= 15 is 0 Å². The van der Waals surface area contributed by atoms with Crippen LogP contribution in [0.25, 0.3) is 0 Å². The minimum absolute atomic E-state index is 0.272. The second-order valence-electron chi connectivity index (χ2n) is 4.87. The Labute approximate surface area is 112 Å². The molecule has 1 atom stereocenters. The summed E-state index contributed by atoms with van der Waals surface area (Å²) in [5, 5.41) is 9.48. The molecular formula is C14H18ClNO2. The van der Waals surface area contributed by atoms with Crippen molar-refractivity contribution in [1.29, 1.82) is 0 Å². The Morgan fingerprint density at radius 1 is 1.50 bits per heavy atom. The lowest BCUT2D eigenvalue weighted by atomic mass is 9.93. The quantitative estimate of drug-likeness (QED) is 0.909. The molecule has 0 aliphatic carbocycles. The zero-order chi connectivity index (χ0) is 13.0. The molecule has 1 aliphatic heterocycles. The van der Waals surface area contributed by atoms with E-state index in [4.69, 9.17) is 16.7 Å². The molecule has 0 saturated carbocycles. The minimum Gasteiger partial charge on any atom is -0.481 e. The summed E-state index contributed by atoms with van der Waals surface area (Å²) >= 11 is 6.00. The SMILES string of the molecule is O=C(O)CCC1CCCN(c2cccc(Cl)c2)C1. The van der Waals surface area contributed by atoms with E-state index < -0.39 is 5.97 Å². The standard InChI is InChI=1S/C14H18ClNO2/c15-12-4-1-5-13(9-12)16-8-2-3-11(10-16)6-7-14(17)18/h1,4-5,9,11H,2-3,6-8,10H2,(H,17,18). The maximum atomic E-state index is 10.6. The highest BCUT2D eigenvalue weighted by molar-refractivity contribution is 6.30. The number of anilines is 1. The number of aliphatic carboxylic acids is 1. The molecule has 1 heterocycles. The normalized spacial score (nSPS) is 19.8. The van der Waals surface area contributed by atoms with Crippen LogP contribution in [0.3, 0.4) is 0 Å². The first-order valence-electron chi connectivity index (χ1n) is 6.37. The highest BCUT2D eigenvalue weighted by Crippen LogP contribution is 2.27. The van der Waals surface area contributed by atoms with Gasteiger partial charge in [0.25, 0.3) is 0 Å². The summed E-state index contributed by atoms with van der Waals surface area (Å²) in [6.45, 7) is 1.97. The van der Waals surface area contributed by atoms with Crippen LogP contribution in [0.1, 0.15) is 25.7 Å². The van der Waals surface area contributed by atoms with Crippen molar-refractivity contribution in [2.75, 3.05) is 18.0 Å².